The molecule has 4 saturated carbocycles. The Kier molecular flexibility index (Phi) is 3.34. The van der Waals surface area contributed by atoms with E-state index in [1.54, 1.807) is 6.08 Å². The monoisotopic (exact) mass is 388 g/mol. The molecule has 5 fully saturated rings. The Balaban J connectivity index is 1.35. The molecule has 154 valence electrons. The lowest BCUT2D eigenvalue weighted by atomic mass is 9.44. The van der Waals surface area contributed by atoms with Gasteiger partial charge in [0.2, 0.25) is 0 Å². The molecule has 2 aliphatic heterocycles. The lowest BCUT2D eigenvalue weighted by molar-refractivity contribution is -0.141. The summed E-state index contributed by atoms with van der Waals surface area (Å²) in [7, 11) is 0. The van der Waals surface area contributed by atoms with Gasteiger partial charge in [0.1, 0.15) is 12.2 Å². The first-order valence-electron chi connectivity index (χ1n) is 11.2. The molecule has 0 aromatic heterocycles. The van der Waals surface area contributed by atoms with Crippen molar-refractivity contribution < 1.29 is 24.5 Å². The summed E-state index contributed by atoms with van der Waals surface area (Å²) in [4.78, 5) is 11.7. The van der Waals surface area contributed by atoms with E-state index in [1.165, 1.54) is 0 Å². The third-order valence-electron chi connectivity index (χ3n) is 10.4. The van der Waals surface area contributed by atoms with Crippen LogP contribution in [0.25, 0.3) is 0 Å². The molecule has 0 unspecified atom stereocenters. The fourth-order valence-corrected chi connectivity index (χ4v) is 8.81. The molecule has 0 amide bonds. The number of epoxide rings is 1. The van der Waals surface area contributed by atoms with Crippen LogP contribution in [0.4, 0.5) is 0 Å². The summed E-state index contributed by atoms with van der Waals surface area (Å²) in [6.07, 6.45) is 9.23. The first-order chi connectivity index (χ1) is 13.2. The van der Waals surface area contributed by atoms with Crippen LogP contribution in [0.5, 0.6) is 0 Å². The Hall–Kier alpha value is -0.910. The van der Waals surface area contributed by atoms with Gasteiger partial charge in [-0.2, -0.15) is 0 Å². The second kappa shape index (κ2) is 5.22. The zero-order chi connectivity index (χ0) is 19.5. The van der Waals surface area contributed by atoms with Crippen LogP contribution in [-0.4, -0.2) is 46.2 Å². The minimum atomic E-state index is -0.919. The third-order valence-corrected chi connectivity index (χ3v) is 10.4. The van der Waals surface area contributed by atoms with E-state index >= 15 is 0 Å². The van der Waals surface area contributed by atoms with Crippen LogP contribution >= 0.6 is 0 Å². The summed E-state index contributed by atoms with van der Waals surface area (Å²) in [6.45, 7) is 4.93. The maximum atomic E-state index is 11.8. The van der Waals surface area contributed by atoms with Crippen molar-refractivity contribution in [2.24, 2.45) is 28.6 Å². The molecule has 0 radical (unpaired) electrons. The molecule has 2 N–H and O–H groups in total. The average Bonchev–Trinajstić information content (AvgIpc) is 3.02. The minimum Gasteiger partial charge on any atom is -0.458 e. The zero-order valence-corrected chi connectivity index (χ0v) is 16.9. The topological polar surface area (TPSA) is 79.3 Å². The van der Waals surface area contributed by atoms with Gasteiger partial charge in [-0.3, -0.25) is 0 Å². The van der Waals surface area contributed by atoms with Crippen LogP contribution in [-0.2, 0) is 14.3 Å². The Bertz CT molecular complexity index is 777. The highest BCUT2D eigenvalue weighted by atomic mass is 16.6. The normalized spacial score (nSPS) is 59.5. The first kappa shape index (κ1) is 17.9. The maximum absolute atomic E-state index is 11.8. The van der Waals surface area contributed by atoms with Gasteiger partial charge < -0.3 is 19.7 Å². The highest BCUT2D eigenvalue weighted by molar-refractivity contribution is 5.85. The fourth-order valence-electron chi connectivity index (χ4n) is 8.81. The van der Waals surface area contributed by atoms with Gasteiger partial charge >= 0.3 is 5.97 Å². The number of aliphatic hydroxyl groups is 2. The SMILES string of the molecule is C[C@]12CC[C@H]3[C@@H](C[C@@H]4O[C@@]45C[C@@H](O)CC[C@]35C)[C@@H]1CC[C@]2(O)C1=CC(=O)OC1. The van der Waals surface area contributed by atoms with E-state index in [9.17, 15) is 15.0 Å². The smallest absolute Gasteiger partial charge is 0.331 e. The Morgan fingerprint density at radius 1 is 1.07 bits per heavy atom. The van der Waals surface area contributed by atoms with Gasteiger partial charge in [-0.15, -0.1) is 0 Å². The van der Waals surface area contributed by atoms with E-state index in [0.717, 1.165) is 56.9 Å². The molecule has 0 aromatic rings. The summed E-state index contributed by atoms with van der Waals surface area (Å²) in [5.74, 6) is 1.31. The molecule has 6 rings (SSSR count). The number of cyclic esters (lactones) is 1. The van der Waals surface area contributed by atoms with Crippen molar-refractivity contribution in [3.63, 3.8) is 0 Å². The van der Waals surface area contributed by atoms with Crippen LogP contribution in [0.15, 0.2) is 11.6 Å². The van der Waals surface area contributed by atoms with Crippen molar-refractivity contribution in [1.29, 1.82) is 0 Å². The minimum absolute atomic E-state index is 0.0945. The van der Waals surface area contributed by atoms with Gasteiger partial charge in [0.25, 0.3) is 0 Å². The fraction of sp³-hybridized carbons (Fsp3) is 0.870. The number of ether oxygens (including phenoxy) is 2. The van der Waals surface area contributed by atoms with Crippen LogP contribution in [0, 0.1) is 28.6 Å². The van der Waals surface area contributed by atoms with Crippen LogP contribution in [0.1, 0.15) is 65.2 Å². The molecule has 0 bridgehead atoms. The maximum Gasteiger partial charge on any atom is 0.331 e. The van der Waals surface area contributed by atoms with Crippen molar-refractivity contribution in [2.75, 3.05) is 6.61 Å². The zero-order valence-electron chi connectivity index (χ0n) is 16.9. The highest BCUT2D eigenvalue weighted by Crippen LogP contribution is 2.74. The predicted octanol–water partition coefficient (Wildman–Crippen LogP) is 2.74. The van der Waals surface area contributed by atoms with Crippen molar-refractivity contribution in [3.8, 4) is 0 Å². The molecule has 6 aliphatic rings. The van der Waals surface area contributed by atoms with Gasteiger partial charge in [-0.25, -0.2) is 4.79 Å². The van der Waals surface area contributed by atoms with E-state index in [1.807, 2.05) is 0 Å². The number of carbonyl (C=O) groups excluding carboxylic acids is 1. The van der Waals surface area contributed by atoms with E-state index in [2.05, 4.69) is 13.8 Å². The molecule has 5 heteroatoms. The second-order valence-corrected chi connectivity index (χ2v) is 11.1. The van der Waals surface area contributed by atoms with Gasteiger partial charge in [0.05, 0.1) is 17.8 Å². The molecule has 9 atom stereocenters. The molecule has 28 heavy (non-hydrogen) atoms. The highest BCUT2D eigenvalue weighted by Gasteiger charge is 2.77. The lowest BCUT2D eigenvalue weighted by Gasteiger charge is -2.60. The number of aliphatic hydroxyl groups excluding tert-OH is 1. The first-order valence-corrected chi connectivity index (χ1v) is 11.2. The van der Waals surface area contributed by atoms with Crippen molar-refractivity contribution in [1.82, 2.24) is 0 Å². The van der Waals surface area contributed by atoms with Gasteiger partial charge in [0, 0.05) is 28.9 Å². The molecule has 1 saturated heterocycles. The van der Waals surface area contributed by atoms with Crippen LogP contribution < -0.4 is 0 Å². The number of carbonyl (C=O) groups is 1. The van der Waals surface area contributed by atoms with E-state index in [-0.39, 0.29) is 41.2 Å². The third kappa shape index (κ3) is 1.88. The Morgan fingerprint density at radius 2 is 1.79 bits per heavy atom. The van der Waals surface area contributed by atoms with Crippen LogP contribution in [0.3, 0.4) is 0 Å². The van der Waals surface area contributed by atoms with Gasteiger partial charge in [0.15, 0.2) is 0 Å². The lowest BCUT2D eigenvalue weighted by Crippen LogP contribution is -2.60. The van der Waals surface area contributed by atoms with E-state index < -0.39 is 5.60 Å². The van der Waals surface area contributed by atoms with Crippen LogP contribution in [0.2, 0.25) is 0 Å². The average molecular weight is 389 g/mol. The van der Waals surface area contributed by atoms with Crippen molar-refractivity contribution in [3.05, 3.63) is 11.6 Å². The largest absolute Gasteiger partial charge is 0.458 e. The Labute approximate surface area is 166 Å². The Morgan fingerprint density at radius 3 is 2.54 bits per heavy atom. The molecular weight excluding hydrogens is 356 g/mol. The summed E-state index contributed by atoms with van der Waals surface area (Å²) in [5, 5.41) is 22.1. The molecule has 5 nitrogen and oxygen atoms in total. The van der Waals surface area contributed by atoms with Crippen molar-refractivity contribution in [2.45, 2.75) is 88.6 Å². The number of fused-ring (bicyclic) bond motifs is 4. The van der Waals surface area contributed by atoms with Gasteiger partial charge in [-0.05, 0) is 62.7 Å². The van der Waals surface area contributed by atoms with E-state index in [0.29, 0.717) is 17.8 Å². The molecule has 4 aliphatic carbocycles. The number of hydrogen-bond donors (Lipinski definition) is 2. The molecule has 0 aromatic carbocycles. The number of hydrogen-bond acceptors (Lipinski definition) is 5. The van der Waals surface area contributed by atoms with E-state index in [4.69, 9.17) is 9.47 Å². The number of esters is 1. The number of rotatable bonds is 1. The second-order valence-electron chi connectivity index (χ2n) is 11.1. The summed E-state index contributed by atoms with van der Waals surface area (Å²) < 4.78 is 11.5. The van der Waals surface area contributed by atoms with Gasteiger partial charge in [-0.1, -0.05) is 13.8 Å². The summed E-state index contributed by atoms with van der Waals surface area (Å²) in [5.41, 5.74) is -0.276. The summed E-state index contributed by atoms with van der Waals surface area (Å²) >= 11 is 0. The predicted molar refractivity (Wildman–Crippen MR) is 101 cm³/mol. The molecule has 2 heterocycles. The quantitative estimate of drug-likeness (QED) is 0.533. The summed E-state index contributed by atoms with van der Waals surface area (Å²) in [6, 6.07) is 0. The van der Waals surface area contributed by atoms with Crippen molar-refractivity contribution >= 4 is 5.97 Å². The standard InChI is InChI=1S/C23H32O5/c1-20-7-4-17-15(10-18-23(28-18)11-14(24)3-6-21(17,23)2)16(20)5-8-22(20,26)13-9-19(25)27-12-13/h9,14-18,24,26H,3-8,10-12H2,1-2H3/t14-,15-,16-,17-,18-,20-,21+,22-,23-/m0/s1. The molecule has 1 spiro atoms. The molecular formula is C23H32O5.